The van der Waals surface area contributed by atoms with E-state index in [0.717, 1.165) is 75.5 Å². The number of piperidine rings is 1. The Balaban J connectivity index is 1.11. The van der Waals surface area contributed by atoms with Crippen LogP contribution < -0.4 is 15.4 Å². The highest BCUT2D eigenvalue weighted by Crippen LogP contribution is 2.30. The molecular formula is C25H33F3N6O3. The molecule has 3 N–H and O–H groups in total. The van der Waals surface area contributed by atoms with Gasteiger partial charge in [0.1, 0.15) is 0 Å². The summed E-state index contributed by atoms with van der Waals surface area (Å²) in [4.78, 5) is 22.9. The molecule has 0 aliphatic carbocycles. The molecule has 0 saturated carbocycles. The van der Waals surface area contributed by atoms with E-state index in [1.165, 1.54) is 24.4 Å². The summed E-state index contributed by atoms with van der Waals surface area (Å²) in [6.45, 7) is 5.33. The van der Waals surface area contributed by atoms with Crippen molar-refractivity contribution in [1.82, 2.24) is 14.8 Å². The molecule has 0 bridgehead atoms. The van der Waals surface area contributed by atoms with E-state index in [2.05, 4.69) is 20.1 Å². The molecule has 0 radical (unpaired) electrons. The molecule has 2 saturated heterocycles. The van der Waals surface area contributed by atoms with Crippen molar-refractivity contribution in [2.45, 2.75) is 37.9 Å². The number of hydrogen-bond acceptors (Lipinski definition) is 8. The summed E-state index contributed by atoms with van der Waals surface area (Å²) >= 11 is 0. The topological polar surface area (TPSA) is 95.4 Å². The van der Waals surface area contributed by atoms with Crippen LogP contribution in [-0.2, 0) is 11.0 Å². The Kier molecular flexibility index (Phi) is 8.72. The maximum atomic E-state index is 12.8. The average Bonchev–Trinajstić information content (AvgIpc) is 2.89. The molecule has 2 aliphatic rings. The highest BCUT2D eigenvalue weighted by atomic mass is 19.4. The number of likely N-dealkylation sites (tertiary alicyclic amines) is 1. The number of pyridine rings is 1. The fourth-order valence-corrected chi connectivity index (χ4v) is 4.80. The molecule has 0 spiro atoms. The van der Waals surface area contributed by atoms with Crippen LogP contribution in [0, 0.1) is 0 Å². The number of nitrogens with one attached hydrogen (secondary N) is 1. The van der Waals surface area contributed by atoms with E-state index in [9.17, 15) is 18.0 Å². The first-order chi connectivity index (χ1) is 17.7. The maximum absolute atomic E-state index is 12.8. The molecule has 1 aromatic carbocycles. The second kappa shape index (κ2) is 12.0. The number of piperazine rings is 1. The van der Waals surface area contributed by atoms with Crippen molar-refractivity contribution >= 4 is 23.1 Å². The largest absolute Gasteiger partial charge is 0.416 e. The van der Waals surface area contributed by atoms with Crippen LogP contribution in [0.4, 0.5) is 30.4 Å². The minimum absolute atomic E-state index is 0.0306. The number of aromatic nitrogens is 1. The van der Waals surface area contributed by atoms with E-state index in [-0.39, 0.29) is 23.0 Å². The third-order valence-corrected chi connectivity index (χ3v) is 6.97. The van der Waals surface area contributed by atoms with Gasteiger partial charge < -0.3 is 15.1 Å². The zero-order chi connectivity index (χ0) is 26.4. The lowest BCUT2D eigenvalue weighted by Crippen LogP contribution is -2.47. The van der Waals surface area contributed by atoms with E-state index < -0.39 is 11.7 Å². The van der Waals surface area contributed by atoms with Gasteiger partial charge in [0.25, 0.3) is 0 Å². The summed E-state index contributed by atoms with van der Waals surface area (Å²) in [5, 5.41) is 21.3. The molecule has 37 heavy (non-hydrogen) atoms. The summed E-state index contributed by atoms with van der Waals surface area (Å²) in [6.07, 6.45) is 0.147. The average molecular weight is 523 g/mol. The number of carbonyl (C=O) groups excluding carboxylic acids is 1. The van der Waals surface area contributed by atoms with Gasteiger partial charge in [-0.15, -0.1) is 5.23 Å². The zero-order valence-corrected chi connectivity index (χ0v) is 20.6. The lowest BCUT2D eigenvalue weighted by molar-refractivity contribution is -0.137. The van der Waals surface area contributed by atoms with Gasteiger partial charge in [-0.25, -0.2) is 4.98 Å². The van der Waals surface area contributed by atoms with Crippen LogP contribution in [0.2, 0.25) is 0 Å². The van der Waals surface area contributed by atoms with E-state index in [4.69, 9.17) is 10.4 Å². The van der Waals surface area contributed by atoms with E-state index in [1.54, 1.807) is 6.07 Å². The SMILES string of the molecule is O=C(CCCN1CCN(c2ccc(C(F)(F)F)cc2)CC1)N1CCC(Nc2ccc(N(O)O)nc2)CC1. The van der Waals surface area contributed by atoms with Gasteiger partial charge in [-0.1, -0.05) is 0 Å². The highest BCUT2D eigenvalue weighted by molar-refractivity contribution is 5.76. The van der Waals surface area contributed by atoms with Crippen molar-refractivity contribution in [3.8, 4) is 0 Å². The van der Waals surface area contributed by atoms with Gasteiger partial charge in [0.2, 0.25) is 5.91 Å². The van der Waals surface area contributed by atoms with Crippen molar-refractivity contribution in [3.63, 3.8) is 0 Å². The van der Waals surface area contributed by atoms with E-state index >= 15 is 0 Å². The standard InChI is InChI=1S/C25H33F3N6O3/c26-25(27,28)19-3-6-22(7-4-19)32-16-14-31(15-17-32)11-1-2-24(35)33-12-9-20(10-13-33)30-21-5-8-23(29-18-21)34(36)37/h3-8,18,20,30,36-37H,1-2,9-17H2. The molecule has 1 amide bonds. The number of benzene rings is 1. The molecule has 9 nitrogen and oxygen atoms in total. The van der Waals surface area contributed by atoms with Gasteiger partial charge in [-0.3, -0.25) is 20.1 Å². The number of carbonyl (C=O) groups is 1. The third kappa shape index (κ3) is 7.46. The summed E-state index contributed by atoms with van der Waals surface area (Å²) < 4.78 is 38.3. The fraction of sp³-hybridized carbons (Fsp3) is 0.520. The molecule has 1 aromatic heterocycles. The molecule has 0 atom stereocenters. The Bertz CT molecular complexity index is 1000. The van der Waals surface area contributed by atoms with Crippen molar-refractivity contribution in [2.24, 2.45) is 0 Å². The second-order valence-electron chi connectivity index (χ2n) is 9.47. The van der Waals surface area contributed by atoms with Gasteiger partial charge >= 0.3 is 6.18 Å². The van der Waals surface area contributed by atoms with Gasteiger partial charge in [0.05, 0.1) is 17.4 Å². The van der Waals surface area contributed by atoms with Gasteiger partial charge in [0, 0.05) is 57.4 Å². The summed E-state index contributed by atoms with van der Waals surface area (Å²) in [7, 11) is 0. The minimum Gasteiger partial charge on any atom is -0.381 e. The van der Waals surface area contributed by atoms with Gasteiger partial charge in [0.15, 0.2) is 5.82 Å². The molecule has 12 heteroatoms. The van der Waals surface area contributed by atoms with Gasteiger partial charge in [-0.05, 0) is 62.2 Å². The highest BCUT2D eigenvalue weighted by Gasteiger charge is 2.30. The maximum Gasteiger partial charge on any atom is 0.416 e. The third-order valence-electron chi connectivity index (χ3n) is 6.97. The lowest BCUT2D eigenvalue weighted by Gasteiger charge is -2.36. The number of anilines is 3. The number of alkyl halides is 3. The summed E-state index contributed by atoms with van der Waals surface area (Å²) in [6, 6.07) is 8.76. The van der Waals surface area contributed by atoms with Crippen LogP contribution in [0.3, 0.4) is 0 Å². The molecule has 2 aromatic rings. The molecule has 3 heterocycles. The summed E-state index contributed by atoms with van der Waals surface area (Å²) in [5.74, 6) is 0.200. The molecule has 202 valence electrons. The Morgan fingerprint density at radius 1 is 1.00 bits per heavy atom. The van der Waals surface area contributed by atoms with Crippen molar-refractivity contribution in [3.05, 3.63) is 48.2 Å². The number of amides is 1. The molecule has 4 rings (SSSR count). The Labute approximate surface area is 214 Å². The first-order valence-corrected chi connectivity index (χ1v) is 12.5. The van der Waals surface area contributed by atoms with Crippen LogP contribution in [0.25, 0.3) is 0 Å². The quantitative estimate of drug-likeness (QED) is 0.452. The number of nitrogens with zero attached hydrogens (tertiary/aromatic N) is 5. The lowest BCUT2D eigenvalue weighted by atomic mass is 10.0. The van der Waals surface area contributed by atoms with E-state index in [0.29, 0.717) is 19.5 Å². The Morgan fingerprint density at radius 3 is 2.24 bits per heavy atom. The normalized spacial score (nSPS) is 17.6. The van der Waals surface area contributed by atoms with Crippen LogP contribution in [0.15, 0.2) is 42.6 Å². The van der Waals surface area contributed by atoms with Crippen LogP contribution >= 0.6 is 0 Å². The Hall–Kier alpha value is -3.09. The predicted octanol–water partition coefficient (Wildman–Crippen LogP) is 3.69. The monoisotopic (exact) mass is 522 g/mol. The summed E-state index contributed by atoms with van der Waals surface area (Å²) in [5.41, 5.74) is 0.954. The smallest absolute Gasteiger partial charge is 0.381 e. The number of hydrogen-bond donors (Lipinski definition) is 3. The number of halogens is 3. The minimum atomic E-state index is -4.32. The fourth-order valence-electron chi connectivity index (χ4n) is 4.80. The molecule has 2 aliphatic heterocycles. The van der Waals surface area contributed by atoms with Crippen molar-refractivity contribution in [2.75, 3.05) is 61.3 Å². The number of rotatable bonds is 8. The Morgan fingerprint density at radius 2 is 1.68 bits per heavy atom. The molecule has 0 unspecified atom stereocenters. The van der Waals surface area contributed by atoms with Gasteiger partial charge in [-0.2, -0.15) is 13.2 Å². The van der Waals surface area contributed by atoms with Crippen LogP contribution in [0.1, 0.15) is 31.2 Å². The van der Waals surface area contributed by atoms with Crippen molar-refractivity contribution in [1.29, 1.82) is 0 Å². The van der Waals surface area contributed by atoms with Crippen LogP contribution in [-0.4, -0.2) is 83.0 Å². The first kappa shape index (κ1) is 27.0. The second-order valence-corrected chi connectivity index (χ2v) is 9.47. The zero-order valence-electron chi connectivity index (χ0n) is 20.6. The first-order valence-electron chi connectivity index (χ1n) is 12.5. The molecule has 2 fully saturated rings. The van der Waals surface area contributed by atoms with E-state index in [1.807, 2.05) is 4.90 Å². The molecular weight excluding hydrogens is 489 g/mol. The van der Waals surface area contributed by atoms with Crippen LogP contribution in [0.5, 0.6) is 0 Å². The predicted molar refractivity (Wildman–Crippen MR) is 133 cm³/mol. The van der Waals surface area contributed by atoms with Crippen molar-refractivity contribution < 1.29 is 28.4 Å².